The summed E-state index contributed by atoms with van der Waals surface area (Å²) in [4.78, 5) is 4.68. The second-order valence-corrected chi connectivity index (χ2v) is 6.46. The molecular formula is C17H17N3S2. The van der Waals surface area contributed by atoms with E-state index in [4.69, 9.17) is 12.2 Å². The number of fused-ring (bicyclic) bond motifs is 1. The molecule has 22 heavy (non-hydrogen) atoms. The van der Waals surface area contributed by atoms with Crippen LogP contribution in [0.15, 0.2) is 48.5 Å². The Morgan fingerprint density at radius 3 is 2.64 bits per heavy atom. The van der Waals surface area contributed by atoms with Crippen molar-refractivity contribution in [2.45, 2.75) is 13.3 Å². The zero-order chi connectivity index (χ0) is 15.4. The van der Waals surface area contributed by atoms with E-state index in [1.165, 1.54) is 10.3 Å². The highest BCUT2D eigenvalue weighted by Gasteiger charge is 2.04. The van der Waals surface area contributed by atoms with Crippen molar-refractivity contribution >= 4 is 44.6 Å². The lowest BCUT2D eigenvalue weighted by Crippen LogP contribution is -2.27. The molecule has 3 nitrogen and oxygen atoms in total. The molecule has 2 aromatic carbocycles. The van der Waals surface area contributed by atoms with Crippen molar-refractivity contribution in [3.63, 3.8) is 0 Å². The number of rotatable bonds is 4. The van der Waals surface area contributed by atoms with Crippen LogP contribution < -0.4 is 10.6 Å². The minimum atomic E-state index is 0.654. The molecular weight excluding hydrogens is 310 g/mol. The fourth-order valence-corrected chi connectivity index (χ4v) is 3.48. The third kappa shape index (κ3) is 3.61. The number of nitrogens with one attached hydrogen (secondary N) is 2. The summed E-state index contributed by atoms with van der Waals surface area (Å²) in [6.45, 7) is 2.84. The van der Waals surface area contributed by atoms with Crippen LogP contribution in [-0.2, 0) is 6.42 Å². The number of para-hydroxylation sites is 1. The summed E-state index contributed by atoms with van der Waals surface area (Å²) < 4.78 is 1.24. The van der Waals surface area contributed by atoms with E-state index in [1.807, 2.05) is 25.1 Å². The monoisotopic (exact) mass is 327 g/mol. The SMILES string of the molecule is CCNC(=S)Nc1ccc(Cc2nc3ccccc3s2)cc1. The summed E-state index contributed by atoms with van der Waals surface area (Å²) in [6, 6.07) is 16.6. The summed E-state index contributed by atoms with van der Waals surface area (Å²) in [6.07, 6.45) is 0.858. The lowest BCUT2D eigenvalue weighted by Gasteiger charge is -2.09. The predicted molar refractivity (Wildman–Crippen MR) is 98.8 cm³/mol. The largest absolute Gasteiger partial charge is 0.363 e. The molecule has 0 radical (unpaired) electrons. The van der Waals surface area contributed by atoms with E-state index >= 15 is 0 Å². The van der Waals surface area contributed by atoms with Gasteiger partial charge in [-0.15, -0.1) is 11.3 Å². The Kier molecular flexibility index (Phi) is 4.65. The van der Waals surface area contributed by atoms with Crippen LogP contribution in [0.25, 0.3) is 10.2 Å². The number of hydrogen-bond acceptors (Lipinski definition) is 3. The minimum absolute atomic E-state index is 0.654. The van der Waals surface area contributed by atoms with Crippen LogP contribution in [-0.4, -0.2) is 16.6 Å². The summed E-state index contributed by atoms with van der Waals surface area (Å²) in [5.41, 5.74) is 3.33. The molecule has 0 spiro atoms. The predicted octanol–water partition coefficient (Wildman–Crippen LogP) is 4.19. The first-order valence-corrected chi connectivity index (χ1v) is 8.45. The third-order valence-corrected chi connectivity index (χ3v) is 4.53. The molecule has 112 valence electrons. The highest BCUT2D eigenvalue weighted by atomic mass is 32.1. The lowest BCUT2D eigenvalue weighted by atomic mass is 10.1. The Morgan fingerprint density at radius 2 is 1.91 bits per heavy atom. The Labute approximate surface area is 139 Å². The first-order chi connectivity index (χ1) is 10.7. The second-order valence-electron chi connectivity index (χ2n) is 4.93. The van der Waals surface area contributed by atoms with Gasteiger partial charge < -0.3 is 10.6 Å². The summed E-state index contributed by atoms with van der Waals surface area (Å²) in [5.74, 6) is 0. The van der Waals surface area contributed by atoms with Crippen molar-refractivity contribution in [3.8, 4) is 0 Å². The highest BCUT2D eigenvalue weighted by Crippen LogP contribution is 2.24. The van der Waals surface area contributed by atoms with Gasteiger partial charge in [0.05, 0.1) is 15.2 Å². The van der Waals surface area contributed by atoms with Gasteiger partial charge in [0.15, 0.2) is 5.11 Å². The quantitative estimate of drug-likeness (QED) is 0.705. The van der Waals surface area contributed by atoms with Gasteiger partial charge in [-0.05, 0) is 49.0 Å². The zero-order valence-corrected chi connectivity index (χ0v) is 13.9. The maximum atomic E-state index is 5.18. The Bertz CT molecular complexity index is 745. The van der Waals surface area contributed by atoms with Gasteiger partial charge in [0, 0.05) is 18.7 Å². The van der Waals surface area contributed by atoms with Crippen molar-refractivity contribution in [3.05, 3.63) is 59.1 Å². The van der Waals surface area contributed by atoms with Gasteiger partial charge in [-0.3, -0.25) is 0 Å². The highest BCUT2D eigenvalue weighted by molar-refractivity contribution is 7.80. The van der Waals surface area contributed by atoms with Crippen LogP contribution in [0.1, 0.15) is 17.5 Å². The minimum Gasteiger partial charge on any atom is -0.363 e. The normalized spacial score (nSPS) is 10.6. The van der Waals surface area contributed by atoms with Crippen molar-refractivity contribution in [1.29, 1.82) is 0 Å². The van der Waals surface area contributed by atoms with Crippen molar-refractivity contribution in [1.82, 2.24) is 10.3 Å². The van der Waals surface area contributed by atoms with Crippen LogP contribution in [0.2, 0.25) is 0 Å². The van der Waals surface area contributed by atoms with Gasteiger partial charge in [-0.25, -0.2) is 4.98 Å². The standard InChI is InChI=1S/C17H17N3S2/c1-2-18-17(21)19-13-9-7-12(8-10-13)11-16-20-14-5-3-4-6-15(14)22-16/h3-10H,2,11H2,1H3,(H2,18,19,21). The second kappa shape index (κ2) is 6.85. The van der Waals surface area contributed by atoms with Gasteiger partial charge in [0.25, 0.3) is 0 Å². The number of nitrogens with zero attached hydrogens (tertiary/aromatic N) is 1. The maximum absolute atomic E-state index is 5.18. The molecule has 0 amide bonds. The van der Waals surface area contributed by atoms with E-state index in [9.17, 15) is 0 Å². The van der Waals surface area contributed by atoms with E-state index in [0.29, 0.717) is 5.11 Å². The molecule has 0 fully saturated rings. The first kappa shape index (κ1) is 14.9. The maximum Gasteiger partial charge on any atom is 0.170 e. The molecule has 0 aliphatic carbocycles. The molecule has 0 saturated heterocycles. The number of aromatic nitrogens is 1. The number of thiocarbonyl (C=S) groups is 1. The fraction of sp³-hybridized carbons (Fsp3) is 0.176. The first-order valence-electron chi connectivity index (χ1n) is 7.23. The third-order valence-electron chi connectivity index (χ3n) is 3.24. The van der Waals surface area contributed by atoms with Gasteiger partial charge in [0.2, 0.25) is 0 Å². The van der Waals surface area contributed by atoms with Crippen LogP contribution in [0, 0.1) is 0 Å². The van der Waals surface area contributed by atoms with Crippen LogP contribution >= 0.6 is 23.6 Å². The van der Waals surface area contributed by atoms with Gasteiger partial charge in [-0.2, -0.15) is 0 Å². The number of anilines is 1. The van der Waals surface area contributed by atoms with E-state index < -0.39 is 0 Å². The lowest BCUT2D eigenvalue weighted by molar-refractivity contribution is 0.979. The van der Waals surface area contributed by atoms with E-state index in [-0.39, 0.29) is 0 Å². The van der Waals surface area contributed by atoms with Gasteiger partial charge in [0.1, 0.15) is 0 Å². The molecule has 3 rings (SSSR count). The van der Waals surface area contributed by atoms with Crippen LogP contribution in [0.4, 0.5) is 5.69 Å². The smallest absolute Gasteiger partial charge is 0.170 e. The molecule has 1 aromatic heterocycles. The molecule has 3 aromatic rings. The fourth-order valence-electron chi connectivity index (χ4n) is 2.21. The molecule has 0 atom stereocenters. The number of hydrogen-bond donors (Lipinski definition) is 2. The van der Waals surface area contributed by atoms with E-state index in [0.717, 1.165) is 29.2 Å². The summed E-state index contributed by atoms with van der Waals surface area (Å²) >= 11 is 6.94. The van der Waals surface area contributed by atoms with Gasteiger partial charge >= 0.3 is 0 Å². The van der Waals surface area contributed by atoms with Gasteiger partial charge in [-0.1, -0.05) is 24.3 Å². The Hall–Kier alpha value is -1.98. The molecule has 5 heteroatoms. The Morgan fingerprint density at radius 1 is 1.14 bits per heavy atom. The zero-order valence-electron chi connectivity index (χ0n) is 12.3. The molecule has 2 N–H and O–H groups in total. The average molecular weight is 327 g/mol. The van der Waals surface area contributed by atoms with Crippen molar-refractivity contribution < 1.29 is 0 Å². The topological polar surface area (TPSA) is 37.0 Å². The summed E-state index contributed by atoms with van der Waals surface area (Å²) in [5, 5.41) is 8.04. The number of benzene rings is 2. The van der Waals surface area contributed by atoms with Crippen LogP contribution in [0.3, 0.4) is 0 Å². The molecule has 0 saturated carbocycles. The van der Waals surface area contributed by atoms with E-state index in [1.54, 1.807) is 11.3 Å². The average Bonchev–Trinajstić information content (AvgIpc) is 2.91. The number of thiazole rings is 1. The van der Waals surface area contributed by atoms with E-state index in [2.05, 4.69) is 45.9 Å². The Balaban J connectivity index is 1.69. The molecule has 0 unspecified atom stereocenters. The van der Waals surface area contributed by atoms with Crippen molar-refractivity contribution in [2.75, 3.05) is 11.9 Å². The molecule has 0 aliphatic heterocycles. The molecule has 1 heterocycles. The molecule has 0 aliphatic rings. The van der Waals surface area contributed by atoms with Crippen LogP contribution in [0.5, 0.6) is 0 Å². The van der Waals surface area contributed by atoms with Crippen molar-refractivity contribution in [2.24, 2.45) is 0 Å². The summed E-state index contributed by atoms with van der Waals surface area (Å²) in [7, 11) is 0. The molecule has 0 bridgehead atoms.